The number of hydrogen-bond acceptors (Lipinski definition) is 2. The molecule has 0 aromatic rings. The zero-order valence-electron chi connectivity index (χ0n) is 7.75. The van der Waals surface area contributed by atoms with Crippen LogP contribution in [0.15, 0.2) is 23.9 Å². The molecule has 3 amide bonds. The number of hydrogen-bond donors (Lipinski definition) is 2. The van der Waals surface area contributed by atoms with E-state index in [0.717, 1.165) is 19.3 Å². The molecule has 1 heterocycles. The maximum absolute atomic E-state index is 11.2. The van der Waals surface area contributed by atoms with E-state index in [1.165, 1.54) is 0 Å². The lowest BCUT2D eigenvalue weighted by molar-refractivity contribution is -0.115. The summed E-state index contributed by atoms with van der Waals surface area (Å²) in [6.07, 6.45) is 9.14. The van der Waals surface area contributed by atoms with Gasteiger partial charge in [0.15, 0.2) is 0 Å². The molecule has 4 heteroatoms. The first kappa shape index (κ1) is 8.99. The summed E-state index contributed by atoms with van der Waals surface area (Å²) in [5.41, 5.74) is 0.398. The van der Waals surface area contributed by atoms with Gasteiger partial charge in [0.25, 0.3) is 5.91 Å². The fourth-order valence-corrected chi connectivity index (χ4v) is 1.70. The maximum atomic E-state index is 11.2. The van der Waals surface area contributed by atoms with Gasteiger partial charge in [-0.3, -0.25) is 10.1 Å². The first-order valence-corrected chi connectivity index (χ1v) is 4.75. The van der Waals surface area contributed by atoms with Crippen molar-refractivity contribution in [1.29, 1.82) is 0 Å². The molecule has 0 aromatic heterocycles. The van der Waals surface area contributed by atoms with E-state index in [2.05, 4.69) is 22.8 Å². The van der Waals surface area contributed by atoms with Crippen LogP contribution in [-0.4, -0.2) is 11.9 Å². The maximum Gasteiger partial charge on any atom is 0.326 e. The highest BCUT2D eigenvalue weighted by atomic mass is 16.2. The molecule has 0 aromatic carbocycles. The van der Waals surface area contributed by atoms with Crippen molar-refractivity contribution in [2.75, 3.05) is 0 Å². The van der Waals surface area contributed by atoms with Crippen molar-refractivity contribution in [3.05, 3.63) is 23.9 Å². The molecular formula is C10H12N2O2. The summed E-state index contributed by atoms with van der Waals surface area (Å²) in [6, 6.07) is -0.424. The predicted octanol–water partition coefficient (Wildman–Crippen LogP) is 1.07. The number of amides is 3. The third kappa shape index (κ3) is 1.84. The second-order valence-electron chi connectivity index (χ2n) is 3.53. The van der Waals surface area contributed by atoms with Gasteiger partial charge in [0.05, 0.1) is 0 Å². The van der Waals surface area contributed by atoms with E-state index in [-0.39, 0.29) is 5.91 Å². The Labute approximate surface area is 82.1 Å². The average molecular weight is 192 g/mol. The number of imide groups is 1. The molecule has 1 atom stereocenters. The third-order valence-corrected chi connectivity index (χ3v) is 2.43. The van der Waals surface area contributed by atoms with Crippen LogP contribution in [0.5, 0.6) is 0 Å². The standard InChI is InChI=1S/C10H12N2O2/c13-9-8(11-10(14)12-9)6-7-4-2-1-3-5-7/h1-2,6-7H,3-5H2,(H2,11,12,13,14)/b8-6+. The van der Waals surface area contributed by atoms with Gasteiger partial charge in [-0.15, -0.1) is 0 Å². The lowest BCUT2D eigenvalue weighted by atomic mass is 9.93. The molecule has 0 saturated carbocycles. The number of urea groups is 1. The smallest absolute Gasteiger partial charge is 0.303 e. The monoisotopic (exact) mass is 192 g/mol. The van der Waals surface area contributed by atoms with Crippen molar-refractivity contribution in [2.45, 2.75) is 19.3 Å². The van der Waals surface area contributed by atoms with Crippen LogP contribution in [0, 0.1) is 5.92 Å². The number of carbonyl (C=O) groups is 2. The molecule has 0 spiro atoms. The molecular weight excluding hydrogens is 180 g/mol. The Kier molecular flexibility index (Phi) is 2.35. The number of nitrogens with one attached hydrogen (secondary N) is 2. The summed E-state index contributed by atoms with van der Waals surface area (Å²) in [5.74, 6) is 0.0590. The van der Waals surface area contributed by atoms with Crippen LogP contribution in [0.25, 0.3) is 0 Å². The van der Waals surface area contributed by atoms with Crippen LogP contribution in [0.1, 0.15) is 19.3 Å². The Morgan fingerprint density at radius 3 is 2.71 bits per heavy atom. The van der Waals surface area contributed by atoms with Gasteiger partial charge in [-0.05, 0) is 25.2 Å². The van der Waals surface area contributed by atoms with Gasteiger partial charge in [0.2, 0.25) is 0 Å². The fraction of sp³-hybridized carbons (Fsp3) is 0.400. The zero-order valence-corrected chi connectivity index (χ0v) is 7.75. The quantitative estimate of drug-likeness (QED) is 0.371. The van der Waals surface area contributed by atoms with E-state index < -0.39 is 6.03 Å². The van der Waals surface area contributed by atoms with Gasteiger partial charge >= 0.3 is 6.03 Å². The molecule has 0 bridgehead atoms. The van der Waals surface area contributed by atoms with Crippen molar-refractivity contribution in [2.24, 2.45) is 5.92 Å². The number of allylic oxidation sites excluding steroid dienone is 3. The Morgan fingerprint density at radius 1 is 1.29 bits per heavy atom. The molecule has 74 valence electrons. The minimum Gasteiger partial charge on any atom is -0.303 e. The average Bonchev–Trinajstić information content (AvgIpc) is 2.47. The lowest BCUT2D eigenvalue weighted by Crippen LogP contribution is -2.22. The second-order valence-corrected chi connectivity index (χ2v) is 3.53. The highest BCUT2D eigenvalue weighted by Gasteiger charge is 2.23. The van der Waals surface area contributed by atoms with E-state index in [0.29, 0.717) is 11.6 Å². The van der Waals surface area contributed by atoms with Crippen LogP contribution in [0.2, 0.25) is 0 Å². The molecule has 4 nitrogen and oxygen atoms in total. The fourth-order valence-electron chi connectivity index (χ4n) is 1.70. The molecule has 1 unspecified atom stereocenters. The van der Waals surface area contributed by atoms with E-state index in [1.807, 2.05) is 6.08 Å². The van der Waals surface area contributed by atoms with Crippen molar-refractivity contribution in [3.8, 4) is 0 Å². The van der Waals surface area contributed by atoms with Gasteiger partial charge in [0, 0.05) is 0 Å². The van der Waals surface area contributed by atoms with Crippen LogP contribution >= 0.6 is 0 Å². The molecule has 2 N–H and O–H groups in total. The van der Waals surface area contributed by atoms with Gasteiger partial charge in [-0.25, -0.2) is 4.79 Å². The zero-order chi connectivity index (χ0) is 9.97. The summed E-state index contributed by atoms with van der Waals surface area (Å²) in [4.78, 5) is 22.0. The van der Waals surface area contributed by atoms with E-state index in [9.17, 15) is 9.59 Å². The van der Waals surface area contributed by atoms with Crippen molar-refractivity contribution < 1.29 is 9.59 Å². The molecule has 2 rings (SSSR count). The summed E-state index contributed by atoms with van der Waals surface area (Å²) in [6.45, 7) is 0. The highest BCUT2D eigenvalue weighted by molar-refractivity contribution is 6.11. The molecule has 0 radical (unpaired) electrons. The molecule has 1 aliphatic carbocycles. The summed E-state index contributed by atoms with van der Waals surface area (Å²) in [7, 11) is 0. The van der Waals surface area contributed by atoms with Crippen LogP contribution in [0.3, 0.4) is 0 Å². The SMILES string of the molecule is O=C1NC(=O)/C(=C\C2CC=CCC2)N1. The highest BCUT2D eigenvalue weighted by Crippen LogP contribution is 2.20. The molecule has 14 heavy (non-hydrogen) atoms. The third-order valence-electron chi connectivity index (χ3n) is 2.43. The second kappa shape index (κ2) is 3.65. The van der Waals surface area contributed by atoms with Crippen molar-refractivity contribution in [3.63, 3.8) is 0 Å². The summed E-state index contributed by atoms with van der Waals surface area (Å²) < 4.78 is 0. The van der Waals surface area contributed by atoms with E-state index in [4.69, 9.17) is 0 Å². The van der Waals surface area contributed by atoms with Gasteiger partial charge < -0.3 is 5.32 Å². The van der Waals surface area contributed by atoms with Crippen LogP contribution < -0.4 is 10.6 Å². The van der Waals surface area contributed by atoms with E-state index >= 15 is 0 Å². The van der Waals surface area contributed by atoms with Crippen molar-refractivity contribution in [1.82, 2.24) is 10.6 Å². The predicted molar refractivity (Wildman–Crippen MR) is 51.2 cm³/mol. The normalized spacial score (nSPS) is 29.1. The van der Waals surface area contributed by atoms with Crippen molar-refractivity contribution >= 4 is 11.9 Å². The van der Waals surface area contributed by atoms with Crippen LogP contribution in [0.4, 0.5) is 4.79 Å². The van der Waals surface area contributed by atoms with Gasteiger partial charge in [0.1, 0.15) is 5.70 Å². The Balaban J connectivity index is 2.06. The molecule has 1 saturated heterocycles. The minimum absolute atomic E-state index is 0.315. The minimum atomic E-state index is -0.424. The molecule has 1 aliphatic heterocycles. The first-order valence-electron chi connectivity index (χ1n) is 4.75. The number of rotatable bonds is 1. The molecule has 1 fully saturated rings. The Hall–Kier alpha value is -1.58. The Morgan fingerprint density at radius 2 is 2.14 bits per heavy atom. The topological polar surface area (TPSA) is 58.2 Å². The first-order chi connectivity index (χ1) is 6.75. The molecule has 2 aliphatic rings. The lowest BCUT2D eigenvalue weighted by Gasteiger charge is -2.13. The van der Waals surface area contributed by atoms with E-state index in [1.54, 1.807) is 0 Å². The van der Waals surface area contributed by atoms with Gasteiger partial charge in [-0.2, -0.15) is 0 Å². The summed E-state index contributed by atoms with van der Waals surface area (Å²) >= 11 is 0. The largest absolute Gasteiger partial charge is 0.326 e. The van der Waals surface area contributed by atoms with Crippen LogP contribution in [-0.2, 0) is 4.79 Å². The number of carbonyl (C=O) groups excluding carboxylic acids is 2. The summed E-state index contributed by atoms with van der Waals surface area (Å²) in [5, 5.41) is 4.67. The van der Waals surface area contributed by atoms with Gasteiger partial charge in [-0.1, -0.05) is 18.2 Å². The Bertz CT molecular complexity index is 331.